The molecule has 102 valence electrons. The third-order valence-corrected chi connectivity index (χ3v) is 4.36. The molecule has 0 spiro atoms. The average Bonchev–Trinajstić information content (AvgIpc) is 2.86. The van der Waals surface area contributed by atoms with Crippen molar-refractivity contribution in [2.45, 2.75) is 6.42 Å². The van der Waals surface area contributed by atoms with Gasteiger partial charge in [-0.1, -0.05) is 23.7 Å². The van der Waals surface area contributed by atoms with Crippen molar-refractivity contribution < 1.29 is 4.79 Å². The van der Waals surface area contributed by atoms with Crippen molar-refractivity contribution in [1.82, 2.24) is 0 Å². The molecule has 3 nitrogen and oxygen atoms in total. The molecule has 2 aromatic rings. The summed E-state index contributed by atoms with van der Waals surface area (Å²) in [7, 11) is 0. The highest BCUT2D eigenvalue weighted by Crippen LogP contribution is 2.35. The van der Waals surface area contributed by atoms with Crippen LogP contribution in [0.3, 0.4) is 0 Å². The number of benzene rings is 2. The SMILES string of the molecule is Nc1cccc2c1N(C(=O)c1cc(Cl)ccc1Br)CC2. The molecule has 0 bridgehead atoms. The van der Waals surface area contributed by atoms with E-state index >= 15 is 0 Å². The number of carbonyl (C=O) groups is 1. The molecule has 1 heterocycles. The van der Waals surface area contributed by atoms with Crippen LogP contribution < -0.4 is 10.6 Å². The molecule has 1 aliphatic rings. The minimum Gasteiger partial charge on any atom is -0.397 e. The maximum atomic E-state index is 12.7. The second-order valence-electron chi connectivity index (χ2n) is 4.69. The Balaban J connectivity index is 2.04. The topological polar surface area (TPSA) is 46.3 Å². The minimum absolute atomic E-state index is 0.0870. The number of para-hydroxylation sites is 1. The number of nitrogens with two attached hydrogens (primary N) is 1. The number of nitrogens with zero attached hydrogens (tertiary/aromatic N) is 1. The number of halogens is 2. The monoisotopic (exact) mass is 350 g/mol. The van der Waals surface area contributed by atoms with Crippen molar-refractivity contribution in [3.05, 3.63) is 57.0 Å². The summed E-state index contributed by atoms with van der Waals surface area (Å²) in [5.41, 5.74) is 9.13. The second-order valence-corrected chi connectivity index (χ2v) is 5.98. The summed E-state index contributed by atoms with van der Waals surface area (Å²) in [5, 5.41) is 0.539. The number of fused-ring (bicyclic) bond motifs is 1. The Hall–Kier alpha value is -1.52. The fourth-order valence-corrected chi connectivity index (χ4v) is 3.08. The molecule has 0 fully saturated rings. The lowest BCUT2D eigenvalue weighted by Gasteiger charge is -2.19. The molecule has 1 amide bonds. The van der Waals surface area contributed by atoms with Crippen molar-refractivity contribution >= 4 is 44.8 Å². The van der Waals surface area contributed by atoms with E-state index in [1.54, 1.807) is 23.1 Å². The summed E-state index contributed by atoms with van der Waals surface area (Å²) in [4.78, 5) is 14.4. The van der Waals surface area contributed by atoms with Crippen molar-refractivity contribution in [3.8, 4) is 0 Å². The van der Waals surface area contributed by atoms with Crippen molar-refractivity contribution in [1.29, 1.82) is 0 Å². The highest BCUT2D eigenvalue weighted by molar-refractivity contribution is 9.10. The number of rotatable bonds is 1. The summed E-state index contributed by atoms with van der Waals surface area (Å²) >= 11 is 9.38. The Labute approximate surface area is 130 Å². The quantitative estimate of drug-likeness (QED) is 0.792. The molecule has 5 heteroatoms. The van der Waals surface area contributed by atoms with E-state index in [9.17, 15) is 4.79 Å². The highest BCUT2D eigenvalue weighted by Gasteiger charge is 2.28. The van der Waals surface area contributed by atoms with E-state index in [0.717, 1.165) is 22.1 Å². The first-order valence-corrected chi connectivity index (χ1v) is 7.39. The molecule has 0 saturated heterocycles. The van der Waals surface area contributed by atoms with Crippen LogP contribution in [0, 0.1) is 0 Å². The summed E-state index contributed by atoms with van der Waals surface area (Å²) < 4.78 is 0.731. The number of anilines is 2. The number of amides is 1. The number of hydrogen-bond donors (Lipinski definition) is 1. The summed E-state index contributed by atoms with van der Waals surface area (Å²) in [6.45, 7) is 0.640. The van der Waals surface area contributed by atoms with E-state index in [-0.39, 0.29) is 5.91 Å². The summed E-state index contributed by atoms with van der Waals surface area (Å²) in [5.74, 6) is -0.0870. The Bertz CT molecular complexity index is 702. The average molecular weight is 352 g/mol. The number of nitrogen functional groups attached to an aromatic ring is 1. The fraction of sp³-hybridized carbons (Fsp3) is 0.133. The van der Waals surface area contributed by atoms with Gasteiger partial charge in [0, 0.05) is 16.0 Å². The van der Waals surface area contributed by atoms with Gasteiger partial charge < -0.3 is 10.6 Å². The normalized spacial score (nSPS) is 13.4. The summed E-state index contributed by atoms with van der Waals surface area (Å²) in [6, 6.07) is 10.9. The molecule has 0 unspecified atom stereocenters. The third kappa shape index (κ3) is 2.19. The second kappa shape index (κ2) is 5.11. The third-order valence-electron chi connectivity index (χ3n) is 3.43. The van der Waals surface area contributed by atoms with Gasteiger partial charge in [0.05, 0.1) is 16.9 Å². The molecular weight excluding hydrogens is 340 g/mol. The summed E-state index contributed by atoms with van der Waals surface area (Å²) in [6.07, 6.45) is 0.824. The minimum atomic E-state index is -0.0870. The lowest BCUT2D eigenvalue weighted by atomic mass is 10.1. The van der Waals surface area contributed by atoms with Gasteiger partial charge in [0.15, 0.2) is 0 Å². The van der Waals surface area contributed by atoms with Crippen LogP contribution >= 0.6 is 27.5 Å². The predicted octanol–water partition coefficient (Wildman–Crippen LogP) is 3.89. The molecule has 0 atom stereocenters. The molecule has 2 N–H and O–H groups in total. The van der Waals surface area contributed by atoms with Gasteiger partial charge in [-0.3, -0.25) is 4.79 Å². The van der Waals surface area contributed by atoms with Crippen LogP contribution in [-0.2, 0) is 6.42 Å². The zero-order chi connectivity index (χ0) is 14.3. The molecule has 2 aromatic carbocycles. The van der Waals surface area contributed by atoms with E-state index in [0.29, 0.717) is 22.8 Å². The van der Waals surface area contributed by atoms with Gasteiger partial charge in [-0.25, -0.2) is 0 Å². The lowest BCUT2D eigenvalue weighted by molar-refractivity contribution is 0.0988. The zero-order valence-corrected chi connectivity index (χ0v) is 12.9. The smallest absolute Gasteiger partial charge is 0.259 e. The van der Waals surface area contributed by atoms with Crippen molar-refractivity contribution in [2.75, 3.05) is 17.2 Å². The van der Waals surface area contributed by atoms with Gasteiger partial charge in [0.1, 0.15) is 0 Å². The van der Waals surface area contributed by atoms with Crippen LogP contribution in [0.1, 0.15) is 15.9 Å². The standard InChI is InChI=1S/C15H12BrClN2O/c16-12-5-4-10(17)8-11(12)15(20)19-7-6-9-2-1-3-13(18)14(9)19/h1-5,8H,6-7,18H2. The number of hydrogen-bond acceptors (Lipinski definition) is 2. The Kier molecular flexibility index (Phi) is 3.44. The molecule has 0 aromatic heterocycles. The molecule has 0 aliphatic carbocycles. The molecule has 1 aliphatic heterocycles. The van der Waals surface area contributed by atoms with Gasteiger partial charge in [-0.2, -0.15) is 0 Å². The first-order valence-electron chi connectivity index (χ1n) is 6.22. The highest BCUT2D eigenvalue weighted by atomic mass is 79.9. The van der Waals surface area contributed by atoms with E-state index < -0.39 is 0 Å². The fourth-order valence-electron chi connectivity index (χ4n) is 2.50. The van der Waals surface area contributed by atoms with E-state index in [1.807, 2.05) is 18.2 Å². The van der Waals surface area contributed by atoms with Crippen LogP contribution in [0.15, 0.2) is 40.9 Å². The van der Waals surface area contributed by atoms with Crippen LogP contribution in [-0.4, -0.2) is 12.5 Å². The van der Waals surface area contributed by atoms with E-state index in [4.69, 9.17) is 17.3 Å². The Morgan fingerprint density at radius 1 is 1.30 bits per heavy atom. The Morgan fingerprint density at radius 3 is 2.90 bits per heavy atom. The largest absolute Gasteiger partial charge is 0.397 e. The van der Waals surface area contributed by atoms with Crippen molar-refractivity contribution in [2.24, 2.45) is 0 Å². The molecule has 3 rings (SSSR count). The molecule has 20 heavy (non-hydrogen) atoms. The van der Waals surface area contributed by atoms with Gasteiger partial charge >= 0.3 is 0 Å². The first-order chi connectivity index (χ1) is 9.58. The van der Waals surface area contributed by atoms with Gasteiger partial charge in [0.2, 0.25) is 0 Å². The Morgan fingerprint density at radius 2 is 2.10 bits per heavy atom. The van der Waals surface area contributed by atoms with Crippen molar-refractivity contribution in [3.63, 3.8) is 0 Å². The van der Waals surface area contributed by atoms with Crippen LogP contribution in [0.5, 0.6) is 0 Å². The van der Waals surface area contributed by atoms with E-state index in [1.165, 1.54) is 0 Å². The van der Waals surface area contributed by atoms with Crippen LogP contribution in [0.25, 0.3) is 0 Å². The molecular formula is C15H12BrClN2O. The maximum absolute atomic E-state index is 12.7. The van der Waals surface area contributed by atoms with Gasteiger partial charge in [-0.15, -0.1) is 0 Å². The molecule has 0 radical (unpaired) electrons. The maximum Gasteiger partial charge on any atom is 0.259 e. The van der Waals surface area contributed by atoms with Crippen LogP contribution in [0.2, 0.25) is 5.02 Å². The lowest BCUT2D eigenvalue weighted by Crippen LogP contribution is -2.29. The van der Waals surface area contributed by atoms with E-state index in [2.05, 4.69) is 15.9 Å². The predicted molar refractivity (Wildman–Crippen MR) is 85.4 cm³/mol. The van der Waals surface area contributed by atoms with Gasteiger partial charge in [-0.05, 0) is 52.2 Å². The zero-order valence-electron chi connectivity index (χ0n) is 10.6. The molecule has 0 saturated carbocycles. The number of carbonyl (C=O) groups excluding carboxylic acids is 1. The van der Waals surface area contributed by atoms with Gasteiger partial charge in [0.25, 0.3) is 5.91 Å². The first kappa shape index (κ1) is 13.5. The van der Waals surface area contributed by atoms with Crippen LogP contribution in [0.4, 0.5) is 11.4 Å².